The number of fused-ring (bicyclic) bond motifs is 1. The van der Waals surface area contributed by atoms with E-state index in [2.05, 4.69) is 10.3 Å². The minimum Gasteiger partial charge on any atom is -0.454 e. The summed E-state index contributed by atoms with van der Waals surface area (Å²) in [6.45, 7) is 1.94. The van der Waals surface area contributed by atoms with E-state index < -0.39 is 0 Å². The number of carbonyl (C=O) groups is 2. The predicted octanol–water partition coefficient (Wildman–Crippen LogP) is 6.40. The molecule has 1 atom stereocenters. The topological polar surface area (TPSA) is 68.3 Å². The van der Waals surface area contributed by atoms with E-state index in [1.165, 1.54) is 11.3 Å². The van der Waals surface area contributed by atoms with Crippen LogP contribution in [0.3, 0.4) is 0 Å². The third kappa shape index (κ3) is 4.74. The normalized spacial score (nSPS) is 14.9. The molecule has 1 amide bonds. The molecule has 1 aromatic heterocycles. The smallest absolute Gasteiger partial charge is 0.339 e. The Morgan fingerprint density at radius 3 is 2.65 bits per heavy atom. The summed E-state index contributed by atoms with van der Waals surface area (Å²) in [4.78, 5) is 31.1. The molecule has 4 aromatic rings. The molecule has 5 rings (SSSR count). The summed E-state index contributed by atoms with van der Waals surface area (Å²) < 4.78 is 5.61. The first-order valence-corrected chi connectivity index (χ1v) is 12.1. The third-order valence-corrected chi connectivity index (χ3v) is 7.13. The Hall–Kier alpha value is -3.48. The standard InChI is InChI=1S/C27H21ClN2O3S/c1-16-24(13-17-7-10-21(28)11-8-17)34-27(29-16)30-25(31)19-9-12-22-20(14-19)15-23(33-26(22)32)18-5-3-2-4-6-18/h2-12,14,23H,13,15H2,1H3,(H,29,30,31). The van der Waals surface area contributed by atoms with Gasteiger partial charge in [0.2, 0.25) is 0 Å². The van der Waals surface area contributed by atoms with E-state index in [-0.39, 0.29) is 18.0 Å². The first-order valence-electron chi connectivity index (χ1n) is 10.9. The predicted molar refractivity (Wildman–Crippen MR) is 134 cm³/mol. The van der Waals surface area contributed by atoms with Crippen molar-refractivity contribution >= 4 is 39.9 Å². The number of aromatic nitrogens is 1. The Labute approximate surface area is 206 Å². The van der Waals surface area contributed by atoms with Crippen LogP contribution in [0.15, 0.2) is 72.8 Å². The maximum Gasteiger partial charge on any atom is 0.339 e. The van der Waals surface area contributed by atoms with E-state index in [0.717, 1.165) is 33.7 Å². The second-order valence-electron chi connectivity index (χ2n) is 8.17. The number of esters is 1. The molecule has 3 aromatic carbocycles. The SMILES string of the molecule is Cc1nc(NC(=O)c2ccc3c(c2)CC(c2ccccc2)OC3=O)sc1Cc1ccc(Cl)cc1. The average molecular weight is 489 g/mol. The van der Waals surface area contributed by atoms with Gasteiger partial charge in [0, 0.05) is 28.3 Å². The number of amides is 1. The lowest BCUT2D eigenvalue weighted by Gasteiger charge is -2.25. The molecule has 0 saturated carbocycles. The van der Waals surface area contributed by atoms with Crippen LogP contribution in [0.1, 0.15) is 54.1 Å². The zero-order chi connectivity index (χ0) is 23.7. The van der Waals surface area contributed by atoms with Crippen molar-refractivity contribution in [3.8, 4) is 0 Å². The van der Waals surface area contributed by atoms with E-state index in [1.807, 2.05) is 61.5 Å². The number of anilines is 1. The summed E-state index contributed by atoms with van der Waals surface area (Å²) in [5.41, 5.74) is 4.73. The summed E-state index contributed by atoms with van der Waals surface area (Å²) in [5.74, 6) is -0.630. The van der Waals surface area contributed by atoms with Crippen LogP contribution in [0.5, 0.6) is 0 Å². The Bertz CT molecular complexity index is 1370. The van der Waals surface area contributed by atoms with Gasteiger partial charge in [-0.15, -0.1) is 11.3 Å². The summed E-state index contributed by atoms with van der Waals surface area (Å²) in [7, 11) is 0. The molecular weight excluding hydrogens is 468 g/mol. The van der Waals surface area contributed by atoms with Gasteiger partial charge in [-0.05, 0) is 53.9 Å². The van der Waals surface area contributed by atoms with E-state index in [1.54, 1.807) is 18.2 Å². The molecule has 170 valence electrons. The molecule has 0 bridgehead atoms. The number of rotatable bonds is 5. The minimum absolute atomic E-state index is 0.259. The number of aryl methyl sites for hydroxylation is 1. The van der Waals surface area contributed by atoms with Crippen LogP contribution in [0.2, 0.25) is 5.02 Å². The van der Waals surface area contributed by atoms with Crippen molar-refractivity contribution in [3.63, 3.8) is 0 Å². The van der Waals surface area contributed by atoms with Gasteiger partial charge in [0.1, 0.15) is 6.10 Å². The summed E-state index contributed by atoms with van der Waals surface area (Å²) in [6.07, 6.45) is 0.878. The van der Waals surface area contributed by atoms with Gasteiger partial charge in [0.25, 0.3) is 5.91 Å². The van der Waals surface area contributed by atoms with Crippen LogP contribution >= 0.6 is 22.9 Å². The van der Waals surface area contributed by atoms with Crippen LogP contribution in [0.25, 0.3) is 0 Å². The number of halogens is 1. The Balaban J connectivity index is 1.32. The highest BCUT2D eigenvalue weighted by atomic mass is 35.5. The van der Waals surface area contributed by atoms with Gasteiger partial charge in [-0.2, -0.15) is 0 Å². The maximum absolute atomic E-state index is 13.0. The van der Waals surface area contributed by atoms with E-state index >= 15 is 0 Å². The zero-order valence-electron chi connectivity index (χ0n) is 18.4. The molecule has 7 heteroatoms. The van der Waals surface area contributed by atoms with Crippen LogP contribution < -0.4 is 5.32 Å². The highest BCUT2D eigenvalue weighted by molar-refractivity contribution is 7.15. The lowest BCUT2D eigenvalue weighted by molar-refractivity contribution is 0.0252. The average Bonchev–Trinajstić information content (AvgIpc) is 3.18. The Morgan fingerprint density at radius 1 is 1.12 bits per heavy atom. The number of hydrogen-bond acceptors (Lipinski definition) is 5. The van der Waals surface area contributed by atoms with Crippen LogP contribution in [-0.4, -0.2) is 16.9 Å². The number of ether oxygens (including phenoxy) is 1. The van der Waals surface area contributed by atoms with Gasteiger partial charge >= 0.3 is 5.97 Å². The molecule has 1 aliphatic rings. The van der Waals surface area contributed by atoms with Gasteiger partial charge in [0.05, 0.1) is 11.3 Å². The van der Waals surface area contributed by atoms with E-state index in [0.29, 0.717) is 27.7 Å². The fourth-order valence-electron chi connectivity index (χ4n) is 3.99. The van der Waals surface area contributed by atoms with E-state index in [4.69, 9.17) is 16.3 Å². The van der Waals surface area contributed by atoms with Gasteiger partial charge in [-0.3, -0.25) is 10.1 Å². The summed E-state index contributed by atoms with van der Waals surface area (Å²) >= 11 is 7.43. The van der Waals surface area contributed by atoms with Gasteiger partial charge < -0.3 is 4.74 Å². The summed E-state index contributed by atoms with van der Waals surface area (Å²) in [5, 5.41) is 4.15. The molecule has 1 unspecified atom stereocenters. The highest BCUT2D eigenvalue weighted by Gasteiger charge is 2.28. The van der Waals surface area contributed by atoms with Crippen molar-refractivity contribution in [1.29, 1.82) is 0 Å². The quantitative estimate of drug-likeness (QED) is 0.330. The van der Waals surface area contributed by atoms with Crippen molar-refractivity contribution in [2.45, 2.75) is 25.9 Å². The van der Waals surface area contributed by atoms with Crippen LogP contribution in [0.4, 0.5) is 5.13 Å². The lowest BCUT2D eigenvalue weighted by Crippen LogP contribution is -2.23. The molecule has 0 spiro atoms. The second-order valence-corrected chi connectivity index (χ2v) is 9.69. The maximum atomic E-state index is 13.0. The van der Waals surface area contributed by atoms with E-state index in [9.17, 15) is 9.59 Å². The molecule has 0 fully saturated rings. The summed E-state index contributed by atoms with van der Waals surface area (Å²) in [6, 6.07) is 22.4. The molecule has 2 heterocycles. The number of nitrogens with zero attached hydrogens (tertiary/aromatic N) is 1. The van der Waals surface area contributed by atoms with Crippen molar-refractivity contribution in [2.24, 2.45) is 0 Å². The monoisotopic (exact) mass is 488 g/mol. The number of carbonyl (C=O) groups excluding carboxylic acids is 2. The van der Waals surface area contributed by atoms with Crippen molar-refractivity contribution in [1.82, 2.24) is 4.98 Å². The number of thiazole rings is 1. The van der Waals surface area contributed by atoms with Gasteiger partial charge in [0.15, 0.2) is 5.13 Å². The highest BCUT2D eigenvalue weighted by Crippen LogP contribution is 2.31. The molecule has 5 nitrogen and oxygen atoms in total. The Morgan fingerprint density at radius 2 is 1.88 bits per heavy atom. The first kappa shape index (κ1) is 22.3. The molecule has 0 saturated heterocycles. The number of hydrogen-bond donors (Lipinski definition) is 1. The molecule has 0 aliphatic carbocycles. The van der Waals surface area contributed by atoms with Crippen molar-refractivity contribution in [2.75, 3.05) is 5.32 Å². The van der Waals surface area contributed by atoms with Gasteiger partial charge in [-0.1, -0.05) is 54.1 Å². The third-order valence-electron chi connectivity index (χ3n) is 5.80. The fourth-order valence-corrected chi connectivity index (χ4v) is 5.11. The van der Waals surface area contributed by atoms with Crippen molar-refractivity contribution < 1.29 is 14.3 Å². The number of benzene rings is 3. The number of nitrogens with one attached hydrogen (secondary N) is 1. The minimum atomic E-state index is -0.371. The molecule has 1 aliphatic heterocycles. The fraction of sp³-hybridized carbons (Fsp3) is 0.148. The molecule has 1 N–H and O–H groups in total. The molecule has 34 heavy (non-hydrogen) atoms. The first-order chi connectivity index (χ1) is 16.5. The van der Waals surface area contributed by atoms with Crippen LogP contribution in [-0.2, 0) is 17.6 Å². The second kappa shape index (κ2) is 9.41. The van der Waals surface area contributed by atoms with Crippen LogP contribution in [0, 0.1) is 6.92 Å². The number of cyclic esters (lactones) is 1. The lowest BCUT2D eigenvalue weighted by atomic mass is 9.93. The van der Waals surface area contributed by atoms with Crippen molar-refractivity contribution in [3.05, 3.63) is 116 Å². The Kier molecular flexibility index (Phi) is 6.18. The zero-order valence-corrected chi connectivity index (χ0v) is 20.0. The largest absolute Gasteiger partial charge is 0.454 e. The molecular formula is C27H21ClN2O3S. The molecule has 0 radical (unpaired) electrons. The van der Waals surface area contributed by atoms with Gasteiger partial charge in [-0.25, -0.2) is 9.78 Å².